The van der Waals surface area contributed by atoms with Gasteiger partial charge in [-0.1, -0.05) is 20.8 Å². The van der Waals surface area contributed by atoms with Crippen molar-refractivity contribution in [1.29, 1.82) is 0 Å². The molecule has 2 aromatic heterocycles. The lowest BCUT2D eigenvalue weighted by molar-refractivity contribution is 0.274. The molecule has 2 unspecified atom stereocenters. The fourth-order valence-electron chi connectivity index (χ4n) is 3.86. The zero-order chi connectivity index (χ0) is 16.7. The Bertz CT molecular complexity index is 680. The highest BCUT2D eigenvalue weighted by Gasteiger charge is 2.40. The van der Waals surface area contributed by atoms with E-state index in [1.54, 1.807) is 18.8 Å². The van der Waals surface area contributed by atoms with Gasteiger partial charge in [0.1, 0.15) is 18.4 Å². The summed E-state index contributed by atoms with van der Waals surface area (Å²) in [5, 5.41) is 0. The molecule has 0 saturated carbocycles. The maximum absolute atomic E-state index is 5.37. The predicted octanol–water partition coefficient (Wildman–Crippen LogP) is 2.33. The largest absolute Gasteiger partial charge is 0.448 e. The summed E-state index contributed by atoms with van der Waals surface area (Å²) in [5.74, 6) is 3.29. The van der Waals surface area contributed by atoms with Crippen LogP contribution in [-0.4, -0.2) is 46.0 Å². The number of anilines is 1. The van der Waals surface area contributed by atoms with Crippen LogP contribution < -0.4 is 4.90 Å². The molecule has 0 bridgehead atoms. The standard InChI is InChI=1S/C18H25N5O/c1-18(2,3)15-6-16(21-12-20-15)23-9-13-7-22(8-14(13)10-23)11-17-19-4-5-24-17/h4-6,12-14H,7-11H2,1-3H3. The number of rotatable bonds is 3. The highest BCUT2D eigenvalue weighted by atomic mass is 16.3. The van der Waals surface area contributed by atoms with Gasteiger partial charge in [-0.05, 0) is 11.8 Å². The zero-order valence-corrected chi connectivity index (χ0v) is 14.6. The molecule has 2 atom stereocenters. The topological polar surface area (TPSA) is 58.3 Å². The van der Waals surface area contributed by atoms with Crippen LogP contribution in [0.3, 0.4) is 0 Å². The average molecular weight is 327 g/mol. The van der Waals surface area contributed by atoms with Crippen molar-refractivity contribution in [3.05, 3.63) is 36.4 Å². The monoisotopic (exact) mass is 327 g/mol. The molecule has 6 heteroatoms. The number of hydrogen-bond acceptors (Lipinski definition) is 6. The van der Waals surface area contributed by atoms with Crippen LogP contribution in [0.2, 0.25) is 0 Å². The molecule has 2 aliphatic heterocycles. The summed E-state index contributed by atoms with van der Waals surface area (Å²) >= 11 is 0. The lowest BCUT2D eigenvalue weighted by atomic mass is 9.92. The molecule has 4 rings (SSSR count). The van der Waals surface area contributed by atoms with E-state index >= 15 is 0 Å². The van der Waals surface area contributed by atoms with Gasteiger partial charge in [-0.25, -0.2) is 15.0 Å². The zero-order valence-electron chi connectivity index (χ0n) is 14.6. The molecular weight excluding hydrogens is 302 g/mol. The van der Waals surface area contributed by atoms with Crippen molar-refractivity contribution in [3.63, 3.8) is 0 Å². The van der Waals surface area contributed by atoms with Crippen molar-refractivity contribution in [2.24, 2.45) is 11.8 Å². The summed E-state index contributed by atoms with van der Waals surface area (Å²) in [6.45, 7) is 11.8. The normalized spacial score (nSPS) is 24.5. The number of likely N-dealkylation sites (tertiary alicyclic amines) is 1. The minimum atomic E-state index is 0.0557. The second-order valence-corrected chi connectivity index (χ2v) is 8.06. The highest BCUT2D eigenvalue weighted by Crippen LogP contribution is 2.34. The Morgan fingerprint density at radius 1 is 1.08 bits per heavy atom. The van der Waals surface area contributed by atoms with Gasteiger partial charge in [0.2, 0.25) is 5.89 Å². The van der Waals surface area contributed by atoms with E-state index in [0.29, 0.717) is 11.8 Å². The first-order valence-electron chi connectivity index (χ1n) is 8.67. The van der Waals surface area contributed by atoms with Gasteiger partial charge < -0.3 is 9.32 Å². The Kier molecular flexibility index (Phi) is 3.79. The fraction of sp³-hybridized carbons (Fsp3) is 0.611. The van der Waals surface area contributed by atoms with Crippen LogP contribution in [-0.2, 0) is 12.0 Å². The van der Waals surface area contributed by atoms with Crippen LogP contribution in [0.25, 0.3) is 0 Å². The van der Waals surface area contributed by atoms with Gasteiger partial charge in [0.25, 0.3) is 0 Å². The van der Waals surface area contributed by atoms with Gasteiger partial charge >= 0.3 is 0 Å². The van der Waals surface area contributed by atoms with Gasteiger partial charge in [-0.15, -0.1) is 0 Å². The molecule has 0 N–H and O–H groups in total. The third-order valence-corrected chi connectivity index (χ3v) is 5.15. The third-order valence-electron chi connectivity index (χ3n) is 5.15. The molecule has 0 aromatic carbocycles. The number of oxazole rings is 1. The summed E-state index contributed by atoms with van der Waals surface area (Å²) in [7, 11) is 0. The highest BCUT2D eigenvalue weighted by molar-refractivity contribution is 5.42. The van der Waals surface area contributed by atoms with Crippen molar-refractivity contribution in [2.75, 3.05) is 31.1 Å². The van der Waals surface area contributed by atoms with Gasteiger partial charge in [0.15, 0.2) is 0 Å². The molecule has 128 valence electrons. The minimum Gasteiger partial charge on any atom is -0.448 e. The second-order valence-electron chi connectivity index (χ2n) is 8.06. The van der Waals surface area contributed by atoms with E-state index in [-0.39, 0.29) is 5.41 Å². The number of hydrogen-bond donors (Lipinski definition) is 0. The Hall–Kier alpha value is -1.95. The minimum absolute atomic E-state index is 0.0557. The summed E-state index contributed by atoms with van der Waals surface area (Å²) in [5.41, 5.74) is 1.16. The van der Waals surface area contributed by atoms with Gasteiger partial charge in [0.05, 0.1) is 18.4 Å². The molecule has 0 amide bonds. The van der Waals surface area contributed by atoms with Crippen molar-refractivity contribution in [1.82, 2.24) is 19.9 Å². The van der Waals surface area contributed by atoms with Crippen molar-refractivity contribution < 1.29 is 4.42 Å². The van der Waals surface area contributed by atoms with E-state index in [2.05, 4.69) is 51.6 Å². The lowest BCUT2D eigenvalue weighted by Gasteiger charge is -2.23. The Morgan fingerprint density at radius 3 is 2.46 bits per heavy atom. The molecule has 2 aromatic rings. The van der Waals surface area contributed by atoms with Gasteiger partial charge in [-0.2, -0.15) is 0 Å². The van der Waals surface area contributed by atoms with Gasteiger partial charge in [0, 0.05) is 37.7 Å². The van der Waals surface area contributed by atoms with Crippen LogP contribution in [0.1, 0.15) is 32.4 Å². The van der Waals surface area contributed by atoms with Crippen LogP contribution >= 0.6 is 0 Å². The van der Waals surface area contributed by atoms with Crippen LogP contribution in [0.15, 0.2) is 29.3 Å². The molecule has 4 heterocycles. The van der Waals surface area contributed by atoms with Crippen molar-refractivity contribution >= 4 is 5.82 Å². The van der Waals surface area contributed by atoms with Crippen LogP contribution in [0, 0.1) is 11.8 Å². The number of nitrogens with zero attached hydrogens (tertiary/aromatic N) is 5. The molecule has 2 fully saturated rings. The van der Waals surface area contributed by atoms with E-state index < -0.39 is 0 Å². The summed E-state index contributed by atoms with van der Waals surface area (Å²) in [6, 6.07) is 2.16. The molecule has 0 spiro atoms. The summed E-state index contributed by atoms with van der Waals surface area (Å²) in [4.78, 5) is 18.1. The maximum atomic E-state index is 5.37. The first-order chi connectivity index (χ1) is 11.5. The van der Waals surface area contributed by atoms with E-state index in [1.807, 2.05) is 0 Å². The Balaban J connectivity index is 1.41. The smallest absolute Gasteiger partial charge is 0.208 e. The van der Waals surface area contributed by atoms with E-state index in [9.17, 15) is 0 Å². The van der Waals surface area contributed by atoms with Crippen molar-refractivity contribution in [2.45, 2.75) is 32.7 Å². The molecule has 0 aliphatic carbocycles. The van der Waals surface area contributed by atoms with Gasteiger partial charge in [-0.3, -0.25) is 4.90 Å². The van der Waals surface area contributed by atoms with E-state index in [0.717, 1.165) is 50.1 Å². The maximum Gasteiger partial charge on any atom is 0.208 e. The summed E-state index contributed by atoms with van der Waals surface area (Å²) < 4.78 is 5.37. The Morgan fingerprint density at radius 2 is 1.83 bits per heavy atom. The fourth-order valence-corrected chi connectivity index (χ4v) is 3.86. The molecule has 0 radical (unpaired) electrons. The molecular formula is C18H25N5O. The predicted molar refractivity (Wildman–Crippen MR) is 91.7 cm³/mol. The number of aromatic nitrogens is 3. The molecule has 2 aliphatic rings. The second kappa shape index (κ2) is 5.84. The average Bonchev–Trinajstić information content (AvgIpc) is 3.23. The van der Waals surface area contributed by atoms with E-state index in [1.165, 1.54) is 0 Å². The molecule has 2 saturated heterocycles. The SMILES string of the molecule is CC(C)(C)c1cc(N2CC3CN(Cc4ncco4)CC3C2)ncn1. The quantitative estimate of drug-likeness (QED) is 0.862. The third kappa shape index (κ3) is 3.02. The molecule has 6 nitrogen and oxygen atoms in total. The van der Waals surface area contributed by atoms with Crippen molar-refractivity contribution in [3.8, 4) is 0 Å². The van der Waals surface area contributed by atoms with Crippen LogP contribution in [0.4, 0.5) is 5.82 Å². The first kappa shape index (κ1) is 15.6. The Labute approximate surface area is 142 Å². The number of fused-ring (bicyclic) bond motifs is 1. The summed E-state index contributed by atoms with van der Waals surface area (Å²) in [6.07, 6.45) is 5.07. The molecule has 24 heavy (non-hydrogen) atoms. The first-order valence-corrected chi connectivity index (χ1v) is 8.67. The lowest BCUT2D eigenvalue weighted by Crippen LogP contribution is -2.29. The van der Waals surface area contributed by atoms with E-state index in [4.69, 9.17) is 4.42 Å². The van der Waals surface area contributed by atoms with Crippen LogP contribution in [0.5, 0.6) is 0 Å².